The molecule has 0 bridgehead atoms. The second-order valence-corrected chi connectivity index (χ2v) is 1.18. The van der Waals surface area contributed by atoms with Crippen LogP contribution in [0.25, 0.3) is 0 Å². The first-order chi connectivity index (χ1) is 4.13. The Hall–Kier alpha value is -1.52. The van der Waals surface area contributed by atoms with Crippen LogP contribution >= 0.6 is 0 Å². The third-order valence-corrected chi connectivity index (χ3v) is 0.452. The van der Waals surface area contributed by atoms with Crippen molar-refractivity contribution in [2.24, 2.45) is 5.73 Å². The van der Waals surface area contributed by atoms with Crippen LogP contribution in [0.15, 0.2) is 12.3 Å². The number of aliphatic carboxylic acids is 1. The lowest BCUT2D eigenvalue weighted by Gasteiger charge is -1.86. The molecule has 5 heteroatoms. The Morgan fingerprint density at radius 3 is 2.44 bits per heavy atom. The van der Waals surface area contributed by atoms with E-state index in [1.165, 1.54) is 0 Å². The molecule has 0 aromatic heterocycles. The molecule has 50 valence electrons. The molecule has 0 spiro atoms. The first-order valence-electron chi connectivity index (χ1n) is 2.08. The summed E-state index contributed by atoms with van der Waals surface area (Å²) in [5.74, 6) is -1.14. The fraction of sp³-hybridized carbons (Fsp3) is 0. The molecule has 0 saturated heterocycles. The van der Waals surface area contributed by atoms with Crippen molar-refractivity contribution in [1.29, 1.82) is 0 Å². The van der Waals surface area contributed by atoms with Crippen molar-refractivity contribution in [3.05, 3.63) is 12.3 Å². The van der Waals surface area contributed by atoms with Crippen molar-refractivity contribution in [2.45, 2.75) is 0 Å². The first-order valence-corrected chi connectivity index (χ1v) is 2.08. The lowest BCUT2D eigenvalue weighted by Crippen LogP contribution is -2.24. The lowest BCUT2D eigenvalue weighted by atomic mass is 10.6. The number of nitrogens with two attached hydrogens (primary N) is 1. The van der Waals surface area contributed by atoms with Crippen molar-refractivity contribution in [1.82, 2.24) is 5.32 Å². The van der Waals surface area contributed by atoms with Gasteiger partial charge in [-0.25, -0.2) is 9.59 Å². The molecule has 0 unspecified atom stereocenters. The van der Waals surface area contributed by atoms with Gasteiger partial charge in [0.1, 0.15) is 0 Å². The van der Waals surface area contributed by atoms with Crippen molar-refractivity contribution in [2.75, 3.05) is 0 Å². The van der Waals surface area contributed by atoms with Crippen molar-refractivity contribution >= 4 is 12.0 Å². The SMILES string of the molecule is NC(=O)NC=CC(=O)O. The van der Waals surface area contributed by atoms with Gasteiger partial charge in [-0.3, -0.25) is 0 Å². The van der Waals surface area contributed by atoms with Gasteiger partial charge >= 0.3 is 12.0 Å². The predicted octanol–water partition coefficient (Wildman–Crippen LogP) is -0.747. The summed E-state index contributed by atoms with van der Waals surface area (Å²) in [4.78, 5) is 19.5. The van der Waals surface area contributed by atoms with Crippen LogP contribution in [0, 0.1) is 0 Å². The highest BCUT2D eigenvalue weighted by atomic mass is 16.4. The number of carboxylic acids is 1. The molecule has 0 aliphatic carbocycles. The summed E-state index contributed by atoms with van der Waals surface area (Å²) in [7, 11) is 0. The van der Waals surface area contributed by atoms with Crippen LogP contribution in [-0.4, -0.2) is 17.1 Å². The van der Waals surface area contributed by atoms with Gasteiger partial charge in [-0.05, 0) is 0 Å². The maximum absolute atomic E-state index is 9.85. The zero-order valence-corrected chi connectivity index (χ0v) is 4.50. The fourth-order valence-electron chi connectivity index (χ4n) is 0.195. The van der Waals surface area contributed by atoms with Crippen molar-refractivity contribution in [3.8, 4) is 0 Å². The van der Waals surface area contributed by atoms with Gasteiger partial charge in [0.2, 0.25) is 0 Å². The molecule has 4 N–H and O–H groups in total. The van der Waals surface area contributed by atoms with Gasteiger partial charge < -0.3 is 16.2 Å². The van der Waals surface area contributed by atoms with Gasteiger partial charge in [0.05, 0.1) is 0 Å². The Bertz CT molecular complexity index is 152. The van der Waals surface area contributed by atoms with Crippen LogP contribution in [-0.2, 0) is 4.79 Å². The average Bonchev–Trinajstić information content (AvgIpc) is 1.63. The van der Waals surface area contributed by atoms with Crippen LogP contribution in [0.4, 0.5) is 4.79 Å². The lowest BCUT2D eigenvalue weighted by molar-refractivity contribution is -0.131. The molecule has 0 saturated carbocycles. The summed E-state index contributed by atoms with van der Waals surface area (Å²) in [5, 5.41) is 9.90. The monoisotopic (exact) mass is 130 g/mol. The van der Waals surface area contributed by atoms with Gasteiger partial charge in [-0.1, -0.05) is 0 Å². The third-order valence-electron chi connectivity index (χ3n) is 0.452. The summed E-state index contributed by atoms with van der Waals surface area (Å²) < 4.78 is 0. The Labute approximate surface area is 51.2 Å². The average molecular weight is 130 g/mol. The van der Waals surface area contributed by atoms with E-state index >= 15 is 0 Å². The third kappa shape index (κ3) is 6.48. The smallest absolute Gasteiger partial charge is 0.329 e. The topological polar surface area (TPSA) is 92.4 Å². The van der Waals surface area contributed by atoms with E-state index in [-0.39, 0.29) is 0 Å². The summed E-state index contributed by atoms with van der Waals surface area (Å²) in [6.45, 7) is 0. The highest BCUT2D eigenvalue weighted by Gasteiger charge is 1.85. The van der Waals surface area contributed by atoms with Gasteiger partial charge in [0, 0.05) is 12.3 Å². The molecule has 0 atom stereocenters. The van der Waals surface area contributed by atoms with Crippen LogP contribution < -0.4 is 11.1 Å². The Kier molecular flexibility index (Phi) is 2.89. The minimum absolute atomic E-state index is 0.769. The number of amides is 2. The molecular weight excluding hydrogens is 124 g/mol. The van der Waals surface area contributed by atoms with Crippen LogP contribution in [0.2, 0.25) is 0 Å². The number of urea groups is 1. The van der Waals surface area contributed by atoms with E-state index in [0.717, 1.165) is 12.3 Å². The number of carbonyl (C=O) groups is 2. The van der Waals surface area contributed by atoms with Crippen LogP contribution in [0.5, 0.6) is 0 Å². The number of rotatable bonds is 2. The van der Waals surface area contributed by atoms with Crippen LogP contribution in [0.3, 0.4) is 0 Å². The highest BCUT2D eigenvalue weighted by molar-refractivity contribution is 5.81. The number of hydrogen-bond donors (Lipinski definition) is 3. The van der Waals surface area contributed by atoms with E-state index in [0.29, 0.717) is 0 Å². The Balaban J connectivity index is 3.48. The number of hydrogen-bond acceptors (Lipinski definition) is 2. The van der Waals surface area contributed by atoms with Crippen LogP contribution in [0.1, 0.15) is 0 Å². The van der Waals surface area contributed by atoms with Gasteiger partial charge in [0.15, 0.2) is 0 Å². The van der Waals surface area contributed by atoms with E-state index < -0.39 is 12.0 Å². The molecular formula is C4H6N2O3. The van der Waals surface area contributed by atoms with E-state index in [1.807, 2.05) is 5.32 Å². The number of primary amides is 1. The molecule has 5 nitrogen and oxygen atoms in total. The molecule has 2 amide bonds. The molecule has 9 heavy (non-hydrogen) atoms. The Morgan fingerprint density at radius 1 is 1.56 bits per heavy atom. The van der Waals surface area contributed by atoms with E-state index in [1.54, 1.807) is 0 Å². The summed E-state index contributed by atoms with van der Waals surface area (Å²) in [6.07, 6.45) is 1.72. The second-order valence-electron chi connectivity index (χ2n) is 1.18. The number of carbonyl (C=O) groups excluding carboxylic acids is 1. The molecule has 0 aliphatic heterocycles. The fourth-order valence-corrected chi connectivity index (χ4v) is 0.195. The normalized spacial score (nSPS) is 9.33. The minimum atomic E-state index is -1.14. The zero-order chi connectivity index (χ0) is 7.28. The molecule has 0 aliphatic rings. The first kappa shape index (κ1) is 7.48. The van der Waals surface area contributed by atoms with Gasteiger partial charge in [-0.2, -0.15) is 0 Å². The molecule has 0 radical (unpaired) electrons. The van der Waals surface area contributed by atoms with Crippen molar-refractivity contribution in [3.63, 3.8) is 0 Å². The Morgan fingerprint density at radius 2 is 2.11 bits per heavy atom. The van der Waals surface area contributed by atoms with E-state index in [4.69, 9.17) is 5.11 Å². The minimum Gasteiger partial charge on any atom is -0.478 e. The molecule has 0 heterocycles. The quantitative estimate of drug-likeness (QED) is 0.429. The molecule has 0 fully saturated rings. The van der Waals surface area contributed by atoms with E-state index in [9.17, 15) is 9.59 Å². The van der Waals surface area contributed by atoms with Gasteiger partial charge in [-0.15, -0.1) is 0 Å². The largest absolute Gasteiger partial charge is 0.478 e. The molecule has 0 rings (SSSR count). The second kappa shape index (κ2) is 3.48. The standard InChI is InChI=1S/C4H6N2O3/c5-4(9)6-2-1-3(7)8/h1-2H,(H,7,8)(H3,5,6,9). The highest BCUT2D eigenvalue weighted by Crippen LogP contribution is 1.65. The molecule has 0 aromatic carbocycles. The van der Waals surface area contributed by atoms with E-state index in [2.05, 4.69) is 5.73 Å². The predicted molar refractivity (Wildman–Crippen MR) is 29.5 cm³/mol. The molecule has 0 aromatic rings. The summed E-state index contributed by atoms with van der Waals surface area (Å²) in [5.41, 5.74) is 4.58. The van der Waals surface area contributed by atoms with Gasteiger partial charge in [0.25, 0.3) is 0 Å². The summed E-state index contributed by atoms with van der Waals surface area (Å²) >= 11 is 0. The number of carboxylic acid groups (broad SMARTS) is 1. The summed E-state index contributed by atoms with van der Waals surface area (Å²) in [6, 6.07) is -0.785. The zero-order valence-electron chi connectivity index (χ0n) is 4.50. The maximum atomic E-state index is 9.85. The van der Waals surface area contributed by atoms with Crippen molar-refractivity contribution < 1.29 is 14.7 Å². The maximum Gasteiger partial charge on any atom is 0.329 e. The number of nitrogens with one attached hydrogen (secondary N) is 1.